The second kappa shape index (κ2) is 15.4. The first-order valence-corrected chi connectivity index (χ1v) is 14.8. The lowest BCUT2D eigenvalue weighted by Crippen LogP contribution is -2.49. The molecule has 0 spiro atoms. The zero-order valence-electron chi connectivity index (χ0n) is 23.1. The Balaban J connectivity index is 1.93. The highest BCUT2D eigenvalue weighted by Crippen LogP contribution is 2.18. The Morgan fingerprint density at radius 1 is 1.08 bits per heavy atom. The highest BCUT2D eigenvalue weighted by atomic mass is 32.2. The molecule has 2 rings (SSSR count). The second-order valence-electron chi connectivity index (χ2n) is 10.3. The van der Waals surface area contributed by atoms with Gasteiger partial charge in [0.2, 0.25) is 15.9 Å². The van der Waals surface area contributed by atoms with E-state index < -0.39 is 45.7 Å². The van der Waals surface area contributed by atoms with Crippen molar-refractivity contribution in [1.82, 2.24) is 15.4 Å². The summed E-state index contributed by atoms with van der Waals surface area (Å²) >= 11 is 0. The van der Waals surface area contributed by atoms with Crippen molar-refractivity contribution in [3.8, 4) is 0 Å². The van der Waals surface area contributed by atoms with Crippen molar-refractivity contribution in [3.05, 3.63) is 60.2 Å². The fourth-order valence-corrected chi connectivity index (χ4v) is 5.18. The SMILES string of the molecule is CCOC(=O)[C@H](Cc1ccccc1)NS(=O)(=O)CCCNC(=O)[C@H](CC1C=CC=CC1)NC(=O)OC(C)(C)C. The number of nitrogens with one attached hydrogen (secondary N) is 3. The van der Waals surface area contributed by atoms with Gasteiger partial charge in [0.05, 0.1) is 12.4 Å². The Kier molecular flexibility index (Phi) is 12.7. The van der Waals surface area contributed by atoms with Crippen molar-refractivity contribution < 1.29 is 32.3 Å². The summed E-state index contributed by atoms with van der Waals surface area (Å²) in [4.78, 5) is 37.7. The third kappa shape index (κ3) is 12.9. The maximum absolute atomic E-state index is 12.9. The van der Waals surface area contributed by atoms with Gasteiger partial charge in [0, 0.05) is 6.54 Å². The van der Waals surface area contributed by atoms with E-state index in [1.54, 1.807) is 52.0 Å². The number of esters is 1. The van der Waals surface area contributed by atoms with Crippen molar-refractivity contribution in [2.75, 3.05) is 18.9 Å². The molecule has 0 radical (unpaired) electrons. The molecule has 2 amide bonds. The summed E-state index contributed by atoms with van der Waals surface area (Å²) < 4.78 is 38.3. The summed E-state index contributed by atoms with van der Waals surface area (Å²) in [6.45, 7) is 7.05. The van der Waals surface area contributed by atoms with Crippen molar-refractivity contribution >= 4 is 28.0 Å². The third-order valence-electron chi connectivity index (χ3n) is 5.68. The van der Waals surface area contributed by atoms with Crippen molar-refractivity contribution in [2.45, 2.75) is 71.1 Å². The van der Waals surface area contributed by atoms with E-state index in [4.69, 9.17) is 9.47 Å². The molecule has 39 heavy (non-hydrogen) atoms. The lowest BCUT2D eigenvalue weighted by atomic mass is 9.93. The van der Waals surface area contributed by atoms with E-state index >= 15 is 0 Å². The van der Waals surface area contributed by atoms with Gasteiger partial charge in [-0.2, -0.15) is 0 Å². The Hall–Kier alpha value is -3.18. The number of benzene rings is 1. The lowest BCUT2D eigenvalue weighted by Gasteiger charge is -2.25. The fraction of sp³-hybridized carbons (Fsp3) is 0.536. The highest BCUT2D eigenvalue weighted by molar-refractivity contribution is 7.89. The predicted octanol–water partition coefficient (Wildman–Crippen LogP) is 3.00. The van der Waals surface area contributed by atoms with E-state index in [0.717, 1.165) is 12.0 Å². The van der Waals surface area contributed by atoms with Gasteiger partial charge in [-0.3, -0.25) is 9.59 Å². The van der Waals surface area contributed by atoms with Crippen LogP contribution in [0.3, 0.4) is 0 Å². The molecule has 0 fully saturated rings. The van der Waals surface area contributed by atoms with Crippen molar-refractivity contribution in [3.63, 3.8) is 0 Å². The molecule has 1 aromatic rings. The average Bonchev–Trinajstić information content (AvgIpc) is 2.86. The molecule has 0 bridgehead atoms. The van der Waals surface area contributed by atoms with Gasteiger partial charge in [0.15, 0.2) is 0 Å². The van der Waals surface area contributed by atoms with Crippen LogP contribution in [0.4, 0.5) is 4.79 Å². The number of carbonyl (C=O) groups is 3. The highest BCUT2D eigenvalue weighted by Gasteiger charge is 2.28. The van der Waals surface area contributed by atoms with Crippen LogP contribution in [0.2, 0.25) is 0 Å². The first-order valence-electron chi connectivity index (χ1n) is 13.2. The number of ether oxygens (including phenoxy) is 2. The minimum atomic E-state index is -3.85. The van der Waals surface area contributed by atoms with Gasteiger partial charge in [0.25, 0.3) is 0 Å². The maximum Gasteiger partial charge on any atom is 0.408 e. The molecular weight excluding hydrogens is 522 g/mol. The number of hydrogen-bond donors (Lipinski definition) is 3. The zero-order chi connectivity index (χ0) is 28.9. The molecule has 1 aromatic carbocycles. The van der Waals surface area contributed by atoms with Crippen LogP contribution >= 0.6 is 0 Å². The molecule has 1 unspecified atom stereocenters. The van der Waals surface area contributed by atoms with Gasteiger partial charge in [0.1, 0.15) is 17.7 Å². The summed E-state index contributed by atoms with van der Waals surface area (Å²) in [6.07, 6.45) is 8.46. The largest absolute Gasteiger partial charge is 0.465 e. The van der Waals surface area contributed by atoms with Crippen LogP contribution in [-0.4, -0.2) is 63.0 Å². The van der Waals surface area contributed by atoms with Crippen LogP contribution < -0.4 is 15.4 Å². The Morgan fingerprint density at radius 2 is 1.79 bits per heavy atom. The van der Waals surface area contributed by atoms with E-state index in [2.05, 4.69) is 15.4 Å². The predicted molar refractivity (Wildman–Crippen MR) is 149 cm³/mol. The number of rotatable bonds is 14. The quantitative estimate of drug-likeness (QED) is 0.234. The van der Waals surface area contributed by atoms with Gasteiger partial charge >= 0.3 is 12.1 Å². The first-order chi connectivity index (χ1) is 18.4. The number of alkyl carbamates (subject to hydrolysis) is 1. The molecular formula is C28H41N3O7S. The molecule has 11 heteroatoms. The smallest absolute Gasteiger partial charge is 0.408 e. The minimum Gasteiger partial charge on any atom is -0.465 e. The van der Waals surface area contributed by atoms with Crippen LogP contribution in [-0.2, 0) is 35.5 Å². The standard InChI is InChI=1S/C28H41N3O7S/c1-5-37-26(33)24(20-22-15-10-7-11-16-22)31-39(35,36)18-12-17-29-25(32)23(19-21-13-8-6-9-14-21)30-27(34)38-28(2,3)4/h6-11,13,15-16,21,23-24,31H,5,12,14,17-20H2,1-4H3,(H,29,32)(H,30,34)/t21?,23-,24-/m0/s1. The molecule has 0 heterocycles. The van der Waals surface area contributed by atoms with E-state index in [9.17, 15) is 22.8 Å². The Bertz CT molecular complexity index is 1110. The summed E-state index contributed by atoms with van der Waals surface area (Å²) in [7, 11) is -3.85. The van der Waals surface area contributed by atoms with Gasteiger partial charge in [-0.05, 0) is 64.9 Å². The molecule has 3 N–H and O–H groups in total. The molecule has 0 saturated carbocycles. The van der Waals surface area contributed by atoms with Crippen molar-refractivity contribution in [1.29, 1.82) is 0 Å². The molecule has 3 atom stereocenters. The monoisotopic (exact) mass is 563 g/mol. The third-order valence-corrected chi connectivity index (χ3v) is 7.15. The molecule has 10 nitrogen and oxygen atoms in total. The Labute approximate surface area is 231 Å². The van der Waals surface area contributed by atoms with Crippen LogP contribution in [0.1, 0.15) is 52.5 Å². The van der Waals surface area contributed by atoms with Gasteiger partial charge in [-0.25, -0.2) is 17.9 Å². The van der Waals surface area contributed by atoms with Crippen LogP contribution in [0.15, 0.2) is 54.6 Å². The van der Waals surface area contributed by atoms with E-state index in [-0.39, 0.29) is 37.7 Å². The summed E-state index contributed by atoms with van der Waals surface area (Å²) in [5.41, 5.74) is 0.0688. The maximum atomic E-state index is 12.9. The summed E-state index contributed by atoms with van der Waals surface area (Å²) in [5, 5.41) is 5.35. The number of allylic oxidation sites excluding steroid dienone is 4. The van der Waals surface area contributed by atoms with Crippen LogP contribution in [0, 0.1) is 5.92 Å². The average molecular weight is 564 g/mol. The number of hydrogen-bond acceptors (Lipinski definition) is 7. The number of carbonyl (C=O) groups excluding carboxylic acids is 3. The summed E-state index contributed by atoms with van der Waals surface area (Å²) in [6, 6.07) is 7.13. The molecule has 216 valence electrons. The van der Waals surface area contributed by atoms with Crippen LogP contribution in [0.25, 0.3) is 0 Å². The van der Waals surface area contributed by atoms with E-state index in [1.165, 1.54) is 0 Å². The lowest BCUT2D eigenvalue weighted by molar-refractivity contribution is -0.145. The molecule has 0 saturated heterocycles. The van der Waals surface area contributed by atoms with Crippen LogP contribution in [0.5, 0.6) is 0 Å². The molecule has 0 aliphatic heterocycles. The normalized spacial score (nSPS) is 16.7. The minimum absolute atomic E-state index is 0.0645. The van der Waals surface area contributed by atoms with E-state index in [1.807, 2.05) is 30.4 Å². The number of amides is 2. The molecule has 1 aliphatic rings. The molecule has 0 aromatic heterocycles. The summed E-state index contributed by atoms with van der Waals surface area (Å²) in [5.74, 6) is -1.32. The fourth-order valence-electron chi connectivity index (χ4n) is 3.93. The van der Waals surface area contributed by atoms with Gasteiger partial charge in [-0.1, -0.05) is 54.6 Å². The molecule has 1 aliphatic carbocycles. The zero-order valence-corrected chi connectivity index (χ0v) is 24.0. The first kappa shape index (κ1) is 32.0. The number of sulfonamides is 1. The van der Waals surface area contributed by atoms with Crippen molar-refractivity contribution in [2.24, 2.45) is 5.92 Å². The Morgan fingerprint density at radius 3 is 2.41 bits per heavy atom. The van der Waals surface area contributed by atoms with E-state index in [0.29, 0.717) is 6.42 Å². The topological polar surface area (TPSA) is 140 Å². The second-order valence-corrected chi connectivity index (χ2v) is 12.2. The van der Waals surface area contributed by atoms with Gasteiger partial charge in [-0.15, -0.1) is 0 Å². The van der Waals surface area contributed by atoms with Gasteiger partial charge < -0.3 is 20.1 Å².